The summed E-state index contributed by atoms with van der Waals surface area (Å²) in [5.41, 5.74) is 1.32. The zero-order valence-corrected chi connectivity index (χ0v) is 23.4. The first-order valence-electron chi connectivity index (χ1n) is 15.4. The monoisotopic (exact) mass is 547 g/mol. The van der Waals surface area contributed by atoms with Crippen LogP contribution in [0.2, 0.25) is 0 Å². The number of aliphatic carboxylic acids is 1. The summed E-state index contributed by atoms with van der Waals surface area (Å²) in [4.78, 5) is 47.2. The maximum absolute atomic E-state index is 14.2. The summed E-state index contributed by atoms with van der Waals surface area (Å²) < 4.78 is 1.95. The Morgan fingerprint density at radius 2 is 1.57 bits per heavy atom. The van der Waals surface area contributed by atoms with Gasteiger partial charge in [0, 0.05) is 37.6 Å². The first-order valence-corrected chi connectivity index (χ1v) is 15.4. The lowest BCUT2D eigenvalue weighted by Gasteiger charge is -2.55. The van der Waals surface area contributed by atoms with Crippen LogP contribution in [0.5, 0.6) is 0 Å². The van der Waals surface area contributed by atoms with E-state index >= 15 is 0 Å². The number of benzene rings is 1. The molecule has 3 saturated heterocycles. The van der Waals surface area contributed by atoms with E-state index in [1.165, 1.54) is 64.7 Å². The Morgan fingerprint density at radius 1 is 0.900 bits per heavy atom. The topological polar surface area (TPSA) is 108 Å². The Labute approximate surface area is 234 Å². The number of hydrogen-bond donors (Lipinski definition) is 2. The van der Waals surface area contributed by atoms with Crippen LogP contribution >= 0.6 is 0 Å². The zero-order chi connectivity index (χ0) is 27.5. The van der Waals surface area contributed by atoms with Crippen molar-refractivity contribution in [3.8, 4) is 0 Å². The number of rotatable bonds is 5. The van der Waals surface area contributed by atoms with Crippen molar-refractivity contribution in [3.05, 3.63) is 34.6 Å². The number of carboxylic acid groups (broad SMARTS) is 1. The molecule has 40 heavy (non-hydrogen) atoms. The van der Waals surface area contributed by atoms with Crippen LogP contribution in [0.4, 0.5) is 5.82 Å². The van der Waals surface area contributed by atoms with Crippen molar-refractivity contribution in [2.75, 3.05) is 11.4 Å². The van der Waals surface area contributed by atoms with E-state index in [0.717, 1.165) is 30.2 Å². The van der Waals surface area contributed by atoms with E-state index in [9.17, 15) is 19.5 Å². The summed E-state index contributed by atoms with van der Waals surface area (Å²) in [6.45, 7) is 1.64. The third kappa shape index (κ3) is 4.41. The molecule has 2 N–H and O–H groups in total. The van der Waals surface area contributed by atoms with Crippen LogP contribution in [0, 0.1) is 11.8 Å². The van der Waals surface area contributed by atoms with Crippen molar-refractivity contribution in [1.82, 2.24) is 19.8 Å². The molecule has 214 valence electrons. The third-order valence-corrected chi connectivity index (χ3v) is 10.7. The molecule has 7 rings (SSSR count). The number of para-hydroxylation sites is 2. The predicted octanol–water partition coefficient (Wildman–Crippen LogP) is 3.70. The molecular weight excluding hydrogens is 506 g/mol. The fraction of sp³-hybridized carbons (Fsp3) is 0.677. The van der Waals surface area contributed by atoms with Crippen LogP contribution in [-0.2, 0) is 9.59 Å². The number of amides is 1. The van der Waals surface area contributed by atoms with Gasteiger partial charge in [-0.05, 0) is 68.9 Å². The first kappa shape index (κ1) is 26.0. The van der Waals surface area contributed by atoms with Crippen LogP contribution in [0.25, 0.3) is 11.0 Å². The maximum atomic E-state index is 14.2. The molecule has 1 amide bonds. The molecule has 9 heteroatoms. The summed E-state index contributed by atoms with van der Waals surface area (Å²) >= 11 is 0. The number of piperidine rings is 2. The van der Waals surface area contributed by atoms with Gasteiger partial charge in [0.05, 0.1) is 17.1 Å². The smallest absolute Gasteiger partial charge is 0.328 e. The number of carboxylic acids is 1. The molecule has 0 spiro atoms. The molecule has 5 aliphatic rings. The molecule has 1 aromatic carbocycles. The van der Waals surface area contributed by atoms with Gasteiger partial charge in [-0.2, -0.15) is 0 Å². The summed E-state index contributed by atoms with van der Waals surface area (Å²) in [6, 6.07) is 7.92. The van der Waals surface area contributed by atoms with Gasteiger partial charge in [-0.25, -0.2) is 9.78 Å². The lowest BCUT2D eigenvalue weighted by molar-refractivity contribution is -0.141. The molecule has 5 fully saturated rings. The van der Waals surface area contributed by atoms with E-state index in [2.05, 4.69) is 10.2 Å². The molecule has 4 bridgehead atoms. The van der Waals surface area contributed by atoms with E-state index in [1.54, 1.807) is 4.90 Å². The number of aromatic nitrogens is 2. The van der Waals surface area contributed by atoms with Crippen LogP contribution < -0.4 is 15.8 Å². The second-order valence-electron chi connectivity index (χ2n) is 13.2. The summed E-state index contributed by atoms with van der Waals surface area (Å²) in [5, 5.41) is 12.7. The Hall–Kier alpha value is -2.94. The Kier molecular flexibility index (Phi) is 6.60. The first-order chi connectivity index (χ1) is 19.4. The quantitative estimate of drug-likeness (QED) is 0.588. The van der Waals surface area contributed by atoms with Crippen molar-refractivity contribution in [3.63, 3.8) is 0 Å². The Bertz CT molecular complexity index is 1350. The summed E-state index contributed by atoms with van der Waals surface area (Å²) in [6.07, 6.45) is 13.9. The molecule has 2 aromatic rings. The fourth-order valence-electron chi connectivity index (χ4n) is 9.24. The lowest BCUT2D eigenvalue weighted by atomic mass is 9.68. The number of nitrogens with one attached hydrogen (secondary N) is 1. The van der Waals surface area contributed by atoms with Crippen LogP contribution in [0.1, 0.15) is 83.6 Å². The number of anilines is 1. The standard InChI is InChI=1S/C31H41N5O4/c1-18(37)32-26-17-34(28(26)31(39)40)29-30(38)36(27-11-3-2-10-25(27)33-29)24-15-21-8-5-9-22(16-24)35(21)23-13-19-6-4-7-20(12-19)14-23/h2-3,10-11,19-24,26,28H,4-9,12-17H2,1H3,(H,32,37)(H,39,40)/t19-,20+,21-,22+,23?,24?,26-,28+/m1/s1. The molecule has 3 aliphatic heterocycles. The normalized spacial score (nSPS) is 35.7. The minimum atomic E-state index is -1.06. The van der Waals surface area contributed by atoms with E-state index < -0.39 is 18.1 Å². The third-order valence-electron chi connectivity index (χ3n) is 10.7. The average Bonchev–Trinajstić information content (AvgIpc) is 2.89. The molecule has 8 atom stereocenters. The van der Waals surface area contributed by atoms with Gasteiger partial charge in [0.2, 0.25) is 5.91 Å². The van der Waals surface area contributed by atoms with Crippen molar-refractivity contribution < 1.29 is 14.7 Å². The minimum Gasteiger partial charge on any atom is -0.480 e. The number of nitrogens with zero attached hydrogens (tertiary/aromatic N) is 4. The Balaban J connectivity index is 1.22. The molecule has 2 unspecified atom stereocenters. The number of fused-ring (bicyclic) bond motifs is 5. The molecule has 1 aromatic heterocycles. The summed E-state index contributed by atoms with van der Waals surface area (Å²) in [7, 11) is 0. The molecular formula is C31H41N5O4. The van der Waals surface area contributed by atoms with Crippen molar-refractivity contribution in [1.29, 1.82) is 0 Å². The molecule has 2 saturated carbocycles. The number of carbonyl (C=O) groups is 2. The average molecular weight is 548 g/mol. The minimum absolute atomic E-state index is 0.0597. The highest BCUT2D eigenvalue weighted by Crippen LogP contribution is 2.47. The van der Waals surface area contributed by atoms with E-state index in [0.29, 0.717) is 23.6 Å². The van der Waals surface area contributed by atoms with E-state index in [4.69, 9.17) is 4.98 Å². The molecule has 2 aliphatic carbocycles. The van der Waals surface area contributed by atoms with Crippen LogP contribution in [0.3, 0.4) is 0 Å². The largest absolute Gasteiger partial charge is 0.480 e. The highest BCUT2D eigenvalue weighted by atomic mass is 16.4. The van der Waals surface area contributed by atoms with E-state index in [1.807, 2.05) is 28.8 Å². The summed E-state index contributed by atoms with van der Waals surface area (Å²) in [5.74, 6) is 0.627. The van der Waals surface area contributed by atoms with Crippen LogP contribution in [-0.4, -0.2) is 68.2 Å². The van der Waals surface area contributed by atoms with Crippen molar-refractivity contribution in [2.24, 2.45) is 11.8 Å². The van der Waals surface area contributed by atoms with E-state index in [-0.39, 0.29) is 29.9 Å². The molecule has 0 radical (unpaired) electrons. The zero-order valence-electron chi connectivity index (χ0n) is 23.4. The van der Waals surface area contributed by atoms with Gasteiger partial charge in [0.25, 0.3) is 5.56 Å². The predicted molar refractivity (Wildman–Crippen MR) is 152 cm³/mol. The van der Waals surface area contributed by atoms with Gasteiger partial charge in [-0.3, -0.25) is 14.5 Å². The van der Waals surface area contributed by atoms with Gasteiger partial charge in [-0.15, -0.1) is 0 Å². The van der Waals surface area contributed by atoms with Crippen molar-refractivity contribution in [2.45, 2.75) is 114 Å². The molecule has 4 heterocycles. The van der Waals surface area contributed by atoms with Gasteiger partial charge in [0.1, 0.15) is 0 Å². The van der Waals surface area contributed by atoms with Crippen molar-refractivity contribution >= 4 is 28.7 Å². The SMILES string of the molecule is CC(=O)N[C@@H]1CN(c2nc3ccccc3n(C3C[C@H]4CCC[C@@H](C3)N4C3C[C@H]4CCC[C@@H](C3)C4)c2=O)[C@@H]1C(=O)O. The second kappa shape index (κ2) is 10.2. The van der Waals surface area contributed by atoms with Gasteiger partial charge in [-0.1, -0.05) is 37.8 Å². The second-order valence-corrected chi connectivity index (χ2v) is 13.2. The Morgan fingerprint density at radius 3 is 2.25 bits per heavy atom. The van der Waals surface area contributed by atoms with Gasteiger partial charge in [0.15, 0.2) is 11.9 Å². The highest BCUT2D eigenvalue weighted by molar-refractivity contribution is 5.85. The lowest BCUT2D eigenvalue weighted by Crippen LogP contribution is -2.71. The van der Waals surface area contributed by atoms with Gasteiger partial charge >= 0.3 is 5.97 Å². The van der Waals surface area contributed by atoms with Gasteiger partial charge < -0.3 is 19.9 Å². The van der Waals surface area contributed by atoms with Crippen LogP contribution in [0.15, 0.2) is 29.1 Å². The molecule has 9 nitrogen and oxygen atoms in total. The number of carbonyl (C=O) groups excluding carboxylic acids is 1. The number of hydrogen-bond acceptors (Lipinski definition) is 6. The fourth-order valence-corrected chi connectivity index (χ4v) is 9.24. The maximum Gasteiger partial charge on any atom is 0.328 e. The highest BCUT2D eigenvalue weighted by Gasteiger charge is 2.48.